The van der Waals surface area contributed by atoms with Crippen molar-refractivity contribution in [1.29, 1.82) is 0 Å². The number of amides is 2. The Morgan fingerprint density at radius 3 is 3.11 bits per heavy atom. The number of nitrogens with two attached hydrogens (primary N) is 1. The van der Waals surface area contributed by atoms with Crippen molar-refractivity contribution in [2.24, 2.45) is 16.8 Å². The van der Waals surface area contributed by atoms with Crippen molar-refractivity contribution in [3.05, 3.63) is 23.4 Å². The Kier molecular flexibility index (Phi) is 3.15. The maximum absolute atomic E-state index is 11.8. The fraction of sp³-hybridized carbons (Fsp3) is 0.364. The molecular weight excluding hydrogens is 236 g/mol. The molecule has 0 bridgehead atoms. The molecule has 96 valence electrons. The van der Waals surface area contributed by atoms with Gasteiger partial charge in [-0.2, -0.15) is 5.10 Å². The lowest BCUT2D eigenvalue weighted by Crippen LogP contribution is -2.26. The van der Waals surface area contributed by atoms with E-state index in [1.807, 2.05) is 17.4 Å². The summed E-state index contributed by atoms with van der Waals surface area (Å²) in [5.41, 5.74) is 8.32. The highest BCUT2D eigenvalue weighted by molar-refractivity contribution is 6.05. The summed E-state index contributed by atoms with van der Waals surface area (Å²) in [6, 6.07) is -0.793. The summed E-state index contributed by atoms with van der Waals surface area (Å²) in [6.07, 6.45) is 3.82. The van der Waals surface area contributed by atoms with Gasteiger partial charge < -0.3 is 15.7 Å². The molecule has 0 aromatic carbocycles. The lowest BCUT2D eigenvalue weighted by atomic mass is 9.93. The number of likely N-dealkylation sites (tertiary alicyclic amines) is 1. The molecule has 0 aromatic rings. The van der Waals surface area contributed by atoms with E-state index in [1.54, 1.807) is 6.08 Å². The van der Waals surface area contributed by atoms with Crippen LogP contribution in [0.15, 0.2) is 28.5 Å². The van der Waals surface area contributed by atoms with Gasteiger partial charge >= 0.3 is 6.03 Å². The predicted octanol–water partition coefficient (Wildman–Crippen LogP) is -1.04. The molecule has 2 rings (SSSR count). The number of nitrogens with one attached hydrogen (secondary N) is 1. The Morgan fingerprint density at radius 2 is 2.44 bits per heavy atom. The maximum Gasteiger partial charge on any atom is 0.332 e. The highest BCUT2D eigenvalue weighted by atomic mass is 16.3. The van der Waals surface area contributed by atoms with Crippen LogP contribution in [-0.4, -0.2) is 47.7 Å². The molecule has 7 heteroatoms. The number of primary amides is 1. The summed E-state index contributed by atoms with van der Waals surface area (Å²) in [5, 5.41) is 13.4. The van der Waals surface area contributed by atoms with Gasteiger partial charge in [-0.15, -0.1) is 0 Å². The topological polar surface area (TPSA) is 108 Å². The number of nitrogens with zero attached hydrogens (tertiary/aromatic N) is 2. The molecule has 1 fully saturated rings. The summed E-state index contributed by atoms with van der Waals surface area (Å²) >= 11 is 0. The van der Waals surface area contributed by atoms with Gasteiger partial charge in [0.05, 0.1) is 12.0 Å². The highest BCUT2D eigenvalue weighted by Crippen LogP contribution is 2.30. The minimum atomic E-state index is -0.793. The number of hydrogen-bond acceptors (Lipinski definition) is 5. The minimum Gasteiger partial charge on any atom is -0.386 e. The number of rotatable bonds is 2. The van der Waals surface area contributed by atoms with Crippen molar-refractivity contribution < 1.29 is 14.7 Å². The van der Waals surface area contributed by atoms with Gasteiger partial charge in [-0.1, -0.05) is 6.08 Å². The lowest BCUT2D eigenvalue weighted by molar-refractivity contribution is -0.115. The van der Waals surface area contributed by atoms with Gasteiger partial charge in [0.25, 0.3) is 0 Å². The number of fused-ring (bicyclic) bond motifs is 1. The molecule has 2 amide bonds. The molecule has 1 aliphatic heterocycles. The van der Waals surface area contributed by atoms with E-state index in [0.717, 1.165) is 5.70 Å². The zero-order chi connectivity index (χ0) is 13.3. The van der Waals surface area contributed by atoms with E-state index in [1.165, 1.54) is 12.3 Å². The molecule has 1 heterocycles. The minimum absolute atomic E-state index is 0.148. The van der Waals surface area contributed by atoms with E-state index in [4.69, 9.17) is 5.73 Å². The largest absolute Gasteiger partial charge is 0.386 e. The van der Waals surface area contributed by atoms with Crippen LogP contribution in [0.1, 0.15) is 0 Å². The third kappa shape index (κ3) is 2.25. The standard InChI is InChI=1S/C11H14N4O3/c1-15-5-10(17)7-2-6(4-13-14-11(12)18)9(16)3-8(7)15/h2-4,6,10,17H,5H2,1H3,(H3,12,14,18)/b13-4-. The number of likely N-dealkylation sites (N-methyl/N-ethyl adjacent to an activating group) is 1. The van der Waals surface area contributed by atoms with Gasteiger partial charge in [0.1, 0.15) is 0 Å². The van der Waals surface area contributed by atoms with Crippen molar-refractivity contribution in [3.63, 3.8) is 0 Å². The van der Waals surface area contributed by atoms with E-state index >= 15 is 0 Å². The summed E-state index contributed by atoms with van der Waals surface area (Å²) in [7, 11) is 1.81. The SMILES string of the molecule is CN1CC(O)C2=CC(/C=N\NC(N)=O)C(=O)C=C21. The first-order chi connectivity index (χ1) is 8.49. The quantitative estimate of drug-likeness (QED) is 0.429. The summed E-state index contributed by atoms with van der Waals surface area (Å²) < 4.78 is 0. The molecule has 1 aliphatic carbocycles. The maximum atomic E-state index is 11.8. The molecule has 2 aliphatic rings. The normalized spacial score (nSPS) is 27.0. The summed E-state index contributed by atoms with van der Waals surface area (Å²) in [4.78, 5) is 24.1. The number of hydrogen-bond donors (Lipinski definition) is 3. The van der Waals surface area contributed by atoms with Gasteiger partial charge in [-0.25, -0.2) is 10.2 Å². The van der Waals surface area contributed by atoms with E-state index in [-0.39, 0.29) is 5.78 Å². The first kappa shape index (κ1) is 12.3. The van der Waals surface area contributed by atoms with Crippen LogP contribution in [0.25, 0.3) is 0 Å². The third-order valence-corrected chi connectivity index (χ3v) is 2.89. The first-order valence-electron chi connectivity index (χ1n) is 5.44. The van der Waals surface area contributed by atoms with Crippen molar-refractivity contribution in [2.75, 3.05) is 13.6 Å². The highest BCUT2D eigenvalue weighted by Gasteiger charge is 2.33. The van der Waals surface area contributed by atoms with Crippen molar-refractivity contribution >= 4 is 18.0 Å². The summed E-state index contributed by atoms with van der Waals surface area (Å²) in [6.45, 7) is 0.467. The zero-order valence-electron chi connectivity index (χ0n) is 9.83. The number of aliphatic hydroxyl groups is 1. The number of carbonyl (C=O) groups excluding carboxylic acids is 2. The van der Waals surface area contributed by atoms with Gasteiger partial charge in [0, 0.05) is 37.2 Å². The molecule has 4 N–H and O–H groups in total. The van der Waals surface area contributed by atoms with Crippen molar-refractivity contribution in [2.45, 2.75) is 6.10 Å². The van der Waals surface area contributed by atoms with Crippen molar-refractivity contribution in [1.82, 2.24) is 10.3 Å². The van der Waals surface area contributed by atoms with E-state index in [9.17, 15) is 14.7 Å². The van der Waals surface area contributed by atoms with Crippen LogP contribution in [0.3, 0.4) is 0 Å². The first-order valence-corrected chi connectivity index (χ1v) is 5.44. The second-order valence-electron chi connectivity index (χ2n) is 4.23. The van der Waals surface area contributed by atoms with E-state index < -0.39 is 18.1 Å². The second kappa shape index (κ2) is 4.61. The van der Waals surface area contributed by atoms with Gasteiger partial charge in [0.15, 0.2) is 5.78 Å². The molecule has 2 unspecified atom stereocenters. The molecule has 0 saturated carbocycles. The number of aliphatic hydroxyl groups excluding tert-OH is 1. The summed E-state index contributed by atoms with van der Waals surface area (Å²) in [5.74, 6) is -0.735. The van der Waals surface area contributed by atoms with Crippen LogP contribution in [-0.2, 0) is 4.79 Å². The number of hydrazone groups is 1. The average molecular weight is 250 g/mol. The molecule has 18 heavy (non-hydrogen) atoms. The Labute approximate surface area is 104 Å². The average Bonchev–Trinajstić information content (AvgIpc) is 2.54. The Hall–Kier alpha value is -2.15. The lowest BCUT2D eigenvalue weighted by Gasteiger charge is -2.17. The van der Waals surface area contributed by atoms with E-state index in [0.29, 0.717) is 12.1 Å². The molecule has 7 nitrogen and oxygen atoms in total. The van der Waals surface area contributed by atoms with Crippen LogP contribution in [0.5, 0.6) is 0 Å². The number of β-amino-alcohol motifs (C(OH)–C–C–N with tert-alkyl or cyclic N) is 1. The smallest absolute Gasteiger partial charge is 0.332 e. The van der Waals surface area contributed by atoms with E-state index in [2.05, 4.69) is 5.10 Å². The molecular formula is C11H14N4O3. The molecule has 2 atom stereocenters. The van der Waals surface area contributed by atoms with Crippen molar-refractivity contribution in [3.8, 4) is 0 Å². The van der Waals surface area contributed by atoms with Crippen LogP contribution in [0.4, 0.5) is 4.79 Å². The fourth-order valence-corrected chi connectivity index (χ4v) is 2.04. The van der Waals surface area contributed by atoms with Gasteiger partial charge in [-0.05, 0) is 0 Å². The zero-order valence-corrected chi connectivity index (χ0v) is 9.83. The second-order valence-corrected chi connectivity index (χ2v) is 4.23. The van der Waals surface area contributed by atoms with Gasteiger partial charge in [0.2, 0.25) is 0 Å². The number of urea groups is 1. The number of carbonyl (C=O) groups is 2. The van der Waals surface area contributed by atoms with Gasteiger partial charge in [-0.3, -0.25) is 4.79 Å². The van der Waals surface area contributed by atoms with Crippen LogP contribution >= 0.6 is 0 Å². The molecule has 0 radical (unpaired) electrons. The Balaban J connectivity index is 2.17. The predicted molar refractivity (Wildman–Crippen MR) is 64.5 cm³/mol. The van der Waals surface area contributed by atoms with Crippen LogP contribution in [0.2, 0.25) is 0 Å². The molecule has 1 saturated heterocycles. The third-order valence-electron chi connectivity index (χ3n) is 2.89. The molecule has 0 spiro atoms. The van der Waals surface area contributed by atoms with Crippen LogP contribution < -0.4 is 11.2 Å². The molecule has 0 aromatic heterocycles. The number of ketones is 1. The number of allylic oxidation sites excluding steroid dienone is 2. The van der Waals surface area contributed by atoms with Crippen LogP contribution in [0, 0.1) is 5.92 Å². The Morgan fingerprint density at radius 1 is 1.72 bits per heavy atom. The monoisotopic (exact) mass is 250 g/mol. The Bertz CT molecular complexity index is 481. The fourth-order valence-electron chi connectivity index (χ4n) is 2.04.